The summed E-state index contributed by atoms with van der Waals surface area (Å²) in [6.07, 6.45) is 2.89. The maximum absolute atomic E-state index is 12.9. The first-order valence-corrected chi connectivity index (χ1v) is 7.40. The first-order chi connectivity index (χ1) is 10.7. The zero-order valence-corrected chi connectivity index (χ0v) is 12.3. The summed E-state index contributed by atoms with van der Waals surface area (Å²) < 4.78 is 12.9. The average Bonchev–Trinajstić information content (AvgIpc) is 2.57. The lowest BCUT2D eigenvalue weighted by Gasteiger charge is -2.35. The molecule has 0 spiro atoms. The monoisotopic (exact) mass is 302 g/mol. The van der Waals surface area contributed by atoms with Gasteiger partial charge in [0.25, 0.3) is 0 Å². The van der Waals surface area contributed by atoms with Crippen LogP contribution in [-0.4, -0.2) is 52.7 Å². The molecule has 1 fully saturated rings. The predicted octanol–water partition coefficient (Wildman–Crippen LogP) is 1.47. The molecule has 1 aliphatic heterocycles. The van der Waals surface area contributed by atoms with Gasteiger partial charge in [0.15, 0.2) is 0 Å². The summed E-state index contributed by atoms with van der Waals surface area (Å²) in [4.78, 5) is 12.9. The lowest BCUT2D eigenvalue weighted by atomic mass is 10.1. The Kier molecular flexibility index (Phi) is 4.60. The van der Waals surface area contributed by atoms with E-state index in [1.807, 2.05) is 0 Å². The number of β-amino-alcohol motifs (C(OH)–C–C–N with tert-alkyl or cyclic N) is 1. The predicted molar refractivity (Wildman–Crippen MR) is 82.0 cm³/mol. The quantitative estimate of drug-likeness (QED) is 0.927. The summed E-state index contributed by atoms with van der Waals surface area (Å²) in [5.41, 5.74) is 0.746. The Morgan fingerprint density at radius 1 is 1.05 bits per heavy atom. The number of piperazine rings is 1. The van der Waals surface area contributed by atoms with Gasteiger partial charge in [0.2, 0.25) is 5.95 Å². The molecule has 0 bridgehead atoms. The fourth-order valence-corrected chi connectivity index (χ4v) is 2.62. The van der Waals surface area contributed by atoms with Crippen molar-refractivity contribution in [3.8, 4) is 0 Å². The largest absolute Gasteiger partial charge is 0.387 e. The fraction of sp³-hybridized carbons (Fsp3) is 0.375. The highest BCUT2D eigenvalue weighted by Crippen LogP contribution is 2.17. The molecule has 2 aromatic rings. The van der Waals surface area contributed by atoms with Crippen molar-refractivity contribution in [2.45, 2.75) is 6.10 Å². The third-order valence-electron chi connectivity index (χ3n) is 3.89. The Morgan fingerprint density at radius 2 is 1.68 bits per heavy atom. The molecule has 0 unspecified atom stereocenters. The summed E-state index contributed by atoms with van der Waals surface area (Å²) >= 11 is 0. The lowest BCUT2D eigenvalue weighted by Crippen LogP contribution is -2.48. The van der Waals surface area contributed by atoms with Crippen LogP contribution in [-0.2, 0) is 0 Å². The molecule has 6 heteroatoms. The molecule has 5 nitrogen and oxygen atoms in total. The van der Waals surface area contributed by atoms with E-state index >= 15 is 0 Å². The van der Waals surface area contributed by atoms with Crippen LogP contribution in [0.2, 0.25) is 0 Å². The highest BCUT2D eigenvalue weighted by Gasteiger charge is 2.21. The maximum atomic E-state index is 12.9. The van der Waals surface area contributed by atoms with E-state index in [1.165, 1.54) is 12.1 Å². The zero-order valence-electron chi connectivity index (χ0n) is 12.3. The molecule has 1 N–H and O–H groups in total. The van der Waals surface area contributed by atoms with Crippen LogP contribution in [0.25, 0.3) is 0 Å². The van der Waals surface area contributed by atoms with Gasteiger partial charge in [-0.15, -0.1) is 0 Å². The van der Waals surface area contributed by atoms with Crippen LogP contribution in [0.1, 0.15) is 11.7 Å². The summed E-state index contributed by atoms with van der Waals surface area (Å²) in [5, 5.41) is 10.2. The van der Waals surface area contributed by atoms with Crippen LogP contribution in [0.5, 0.6) is 0 Å². The van der Waals surface area contributed by atoms with Gasteiger partial charge in [-0.1, -0.05) is 12.1 Å². The van der Waals surface area contributed by atoms with Crippen molar-refractivity contribution in [1.29, 1.82) is 0 Å². The number of hydrogen-bond donors (Lipinski definition) is 1. The van der Waals surface area contributed by atoms with Gasteiger partial charge >= 0.3 is 0 Å². The second kappa shape index (κ2) is 6.81. The Labute approximate surface area is 129 Å². The van der Waals surface area contributed by atoms with E-state index < -0.39 is 6.10 Å². The van der Waals surface area contributed by atoms with Gasteiger partial charge in [0.1, 0.15) is 5.82 Å². The van der Waals surface area contributed by atoms with Gasteiger partial charge in [-0.2, -0.15) is 0 Å². The summed E-state index contributed by atoms with van der Waals surface area (Å²) in [7, 11) is 0. The third-order valence-corrected chi connectivity index (χ3v) is 3.89. The van der Waals surface area contributed by atoms with E-state index in [9.17, 15) is 9.50 Å². The van der Waals surface area contributed by atoms with Crippen molar-refractivity contribution in [3.05, 3.63) is 54.1 Å². The van der Waals surface area contributed by atoms with Crippen LogP contribution >= 0.6 is 0 Å². The molecule has 0 saturated carbocycles. The molecule has 0 radical (unpaired) electrons. The Balaban J connectivity index is 1.52. The second-order valence-electron chi connectivity index (χ2n) is 5.40. The number of halogens is 1. The molecular weight excluding hydrogens is 283 g/mol. The van der Waals surface area contributed by atoms with Gasteiger partial charge in [-0.25, -0.2) is 14.4 Å². The second-order valence-corrected chi connectivity index (χ2v) is 5.40. The minimum absolute atomic E-state index is 0.285. The Bertz CT molecular complexity index is 585. The van der Waals surface area contributed by atoms with Crippen molar-refractivity contribution < 1.29 is 9.50 Å². The summed E-state index contributed by atoms with van der Waals surface area (Å²) in [5.74, 6) is 0.466. The standard InChI is InChI=1S/C16H19FN4O/c17-14-4-2-13(3-5-14)15(22)12-20-8-10-21(11-9-20)16-18-6-1-7-19-16/h1-7,15,22H,8-12H2/t15-/m1/s1. The van der Waals surface area contributed by atoms with Gasteiger partial charge < -0.3 is 10.0 Å². The van der Waals surface area contributed by atoms with E-state index in [2.05, 4.69) is 19.8 Å². The minimum atomic E-state index is -0.597. The summed E-state index contributed by atoms with van der Waals surface area (Å²) in [6, 6.07) is 7.83. The topological polar surface area (TPSA) is 52.5 Å². The Morgan fingerprint density at radius 3 is 2.32 bits per heavy atom. The number of aliphatic hydroxyl groups excluding tert-OH is 1. The molecule has 22 heavy (non-hydrogen) atoms. The highest BCUT2D eigenvalue weighted by molar-refractivity contribution is 5.29. The number of anilines is 1. The van der Waals surface area contributed by atoms with E-state index in [-0.39, 0.29) is 5.82 Å². The number of hydrogen-bond acceptors (Lipinski definition) is 5. The Hall–Kier alpha value is -2.05. The number of aliphatic hydroxyl groups is 1. The molecule has 2 heterocycles. The average molecular weight is 302 g/mol. The third kappa shape index (κ3) is 3.58. The van der Waals surface area contributed by atoms with Crippen LogP contribution in [0, 0.1) is 5.82 Å². The van der Waals surface area contributed by atoms with E-state index in [4.69, 9.17) is 0 Å². The van der Waals surface area contributed by atoms with Crippen molar-refractivity contribution in [2.24, 2.45) is 0 Å². The molecule has 0 amide bonds. The normalized spacial score (nSPS) is 17.5. The zero-order chi connectivity index (χ0) is 15.4. The molecule has 1 aromatic heterocycles. The molecule has 3 rings (SSSR count). The first-order valence-electron chi connectivity index (χ1n) is 7.40. The van der Waals surface area contributed by atoms with Crippen LogP contribution < -0.4 is 4.90 Å². The van der Waals surface area contributed by atoms with E-state index in [0.717, 1.165) is 37.7 Å². The lowest BCUT2D eigenvalue weighted by molar-refractivity contribution is 0.109. The molecule has 1 atom stereocenters. The van der Waals surface area contributed by atoms with Gasteiger partial charge in [-0.05, 0) is 23.8 Å². The van der Waals surface area contributed by atoms with E-state index in [1.54, 1.807) is 30.6 Å². The van der Waals surface area contributed by atoms with Crippen LogP contribution in [0.3, 0.4) is 0 Å². The highest BCUT2D eigenvalue weighted by atomic mass is 19.1. The van der Waals surface area contributed by atoms with Crippen molar-refractivity contribution in [1.82, 2.24) is 14.9 Å². The van der Waals surface area contributed by atoms with Crippen LogP contribution in [0.4, 0.5) is 10.3 Å². The molecule has 1 aromatic carbocycles. The minimum Gasteiger partial charge on any atom is -0.387 e. The smallest absolute Gasteiger partial charge is 0.225 e. The summed E-state index contributed by atoms with van der Waals surface area (Å²) in [6.45, 7) is 3.91. The number of benzene rings is 1. The molecule has 1 saturated heterocycles. The van der Waals surface area contributed by atoms with Crippen LogP contribution in [0.15, 0.2) is 42.7 Å². The molecular formula is C16H19FN4O. The number of rotatable bonds is 4. The van der Waals surface area contributed by atoms with Crippen molar-refractivity contribution in [2.75, 3.05) is 37.6 Å². The molecule has 116 valence electrons. The van der Waals surface area contributed by atoms with Gasteiger partial charge in [0.05, 0.1) is 6.10 Å². The molecule has 1 aliphatic rings. The fourth-order valence-electron chi connectivity index (χ4n) is 2.62. The van der Waals surface area contributed by atoms with Gasteiger partial charge in [0, 0.05) is 45.1 Å². The van der Waals surface area contributed by atoms with E-state index in [0.29, 0.717) is 6.54 Å². The molecule has 0 aliphatic carbocycles. The first kappa shape index (κ1) is 14.9. The van der Waals surface area contributed by atoms with Gasteiger partial charge in [-0.3, -0.25) is 4.90 Å². The SMILES string of the molecule is O[C@H](CN1CCN(c2ncccn2)CC1)c1ccc(F)cc1. The number of nitrogens with zero attached hydrogens (tertiary/aromatic N) is 4. The van der Waals surface area contributed by atoms with Crippen molar-refractivity contribution >= 4 is 5.95 Å². The number of aromatic nitrogens is 2. The van der Waals surface area contributed by atoms with Crippen molar-refractivity contribution in [3.63, 3.8) is 0 Å². The maximum Gasteiger partial charge on any atom is 0.225 e.